The van der Waals surface area contributed by atoms with Crippen molar-refractivity contribution < 1.29 is 0 Å². The summed E-state index contributed by atoms with van der Waals surface area (Å²) in [6.45, 7) is 1.26. The number of nitrogens with two attached hydrogens (primary N) is 1. The van der Waals surface area contributed by atoms with Crippen molar-refractivity contribution >= 4 is 30.6 Å². The summed E-state index contributed by atoms with van der Waals surface area (Å²) < 4.78 is 0. The highest BCUT2D eigenvalue weighted by Gasteiger charge is 1.92. The summed E-state index contributed by atoms with van der Waals surface area (Å²) in [5.74, 6) is 0.749. The smallest absolute Gasteiger partial charge is 0.126 e. The van der Waals surface area contributed by atoms with E-state index in [0.29, 0.717) is 18.7 Å². The maximum absolute atomic E-state index is 8.47. The summed E-state index contributed by atoms with van der Waals surface area (Å²) in [6, 6.07) is 5.47. The van der Waals surface area contributed by atoms with Crippen LogP contribution in [0.2, 0.25) is 0 Å². The number of nitriles is 1. The Kier molecular flexibility index (Phi) is 9.46. The summed E-state index contributed by atoms with van der Waals surface area (Å²) >= 11 is 0. The van der Waals surface area contributed by atoms with Crippen molar-refractivity contribution in [3.63, 3.8) is 0 Å². The van der Waals surface area contributed by atoms with Crippen LogP contribution in [0.4, 0.5) is 5.82 Å². The number of aromatic nitrogens is 1. The van der Waals surface area contributed by atoms with Crippen LogP contribution >= 0.6 is 24.8 Å². The Labute approximate surface area is 95.3 Å². The first-order valence-corrected chi connectivity index (χ1v) is 3.67. The molecular weight excluding hydrogens is 223 g/mol. The minimum Gasteiger partial charge on any atom is -0.369 e. The lowest BCUT2D eigenvalue weighted by Crippen LogP contribution is -2.13. The number of hydrogen-bond donors (Lipinski definition) is 2. The van der Waals surface area contributed by atoms with Gasteiger partial charge in [-0.05, 0) is 12.1 Å². The SMILES string of the molecule is Cl.Cl.N#Cc1ccc(NCCN)nc1. The van der Waals surface area contributed by atoms with Crippen LogP contribution in [0, 0.1) is 11.3 Å². The van der Waals surface area contributed by atoms with Crippen molar-refractivity contribution in [2.75, 3.05) is 18.4 Å². The van der Waals surface area contributed by atoms with E-state index in [-0.39, 0.29) is 24.8 Å². The zero-order valence-corrected chi connectivity index (χ0v) is 9.07. The monoisotopic (exact) mass is 234 g/mol. The van der Waals surface area contributed by atoms with Gasteiger partial charge in [0.2, 0.25) is 0 Å². The molecule has 1 rings (SSSR count). The average Bonchev–Trinajstić information content (AvgIpc) is 2.15. The van der Waals surface area contributed by atoms with Crippen LogP contribution in [0.5, 0.6) is 0 Å². The van der Waals surface area contributed by atoms with E-state index in [1.54, 1.807) is 12.1 Å². The first kappa shape index (κ1) is 15.5. The Morgan fingerprint density at radius 2 is 2.14 bits per heavy atom. The van der Waals surface area contributed by atoms with Gasteiger partial charge in [-0.1, -0.05) is 0 Å². The lowest BCUT2D eigenvalue weighted by atomic mass is 10.3. The highest BCUT2D eigenvalue weighted by Crippen LogP contribution is 2.02. The van der Waals surface area contributed by atoms with E-state index in [1.165, 1.54) is 6.20 Å². The first-order valence-electron chi connectivity index (χ1n) is 3.67. The van der Waals surface area contributed by atoms with Gasteiger partial charge in [0.1, 0.15) is 11.9 Å². The summed E-state index contributed by atoms with van der Waals surface area (Å²) in [7, 11) is 0. The van der Waals surface area contributed by atoms with Gasteiger partial charge >= 0.3 is 0 Å². The van der Waals surface area contributed by atoms with E-state index in [4.69, 9.17) is 11.0 Å². The molecule has 4 nitrogen and oxygen atoms in total. The lowest BCUT2D eigenvalue weighted by Gasteiger charge is -2.01. The average molecular weight is 235 g/mol. The van der Waals surface area contributed by atoms with E-state index < -0.39 is 0 Å². The van der Waals surface area contributed by atoms with E-state index in [1.807, 2.05) is 6.07 Å². The molecule has 1 heterocycles. The van der Waals surface area contributed by atoms with Gasteiger partial charge in [-0.25, -0.2) is 4.98 Å². The second-order valence-electron chi connectivity index (χ2n) is 2.26. The van der Waals surface area contributed by atoms with Crippen LogP contribution in [-0.4, -0.2) is 18.1 Å². The number of rotatable bonds is 3. The predicted octanol–water partition coefficient (Wildman–Crippen LogP) is 1.17. The molecule has 0 unspecified atom stereocenters. The summed E-state index contributed by atoms with van der Waals surface area (Å²) in [5.41, 5.74) is 5.85. The van der Waals surface area contributed by atoms with E-state index in [0.717, 1.165) is 5.82 Å². The predicted molar refractivity (Wildman–Crippen MR) is 61.0 cm³/mol. The Morgan fingerprint density at radius 3 is 2.57 bits per heavy atom. The molecule has 1 aromatic rings. The van der Waals surface area contributed by atoms with Crippen LogP contribution < -0.4 is 11.1 Å². The molecular formula is C8H12Cl2N4. The molecule has 0 amide bonds. The lowest BCUT2D eigenvalue weighted by molar-refractivity contribution is 1.01. The van der Waals surface area contributed by atoms with Gasteiger partial charge in [-0.3, -0.25) is 0 Å². The molecule has 0 radical (unpaired) electrons. The molecule has 78 valence electrons. The highest BCUT2D eigenvalue weighted by molar-refractivity contribution is 5.85. The van der Waals surface area contributed by atoms with E-state index in [2.05, 4.69) is 10.3 Å². The van der Waals surface area contributed by atoms with Crippen LogP contribution in [0.1, 0.15) is 5.56 Å². The standard InChI is InChI=1S/C8H10N4.2ClH/c9-3-4-11-8-2-1-7(5-10)6-12-8;;/h1-2,6H,3-4,9H2,(H,11,12);2*1H. The van der Waals surface area contributed by atoms with Gasteiger partial charge in [0.05, 0.1) is 5.56 Å². The molecule has 1 aromatic heterocycles. The second-order valence-corrected chi connectivity index (χ2v) is 2.26. The van der Waals surface area contributed by atoms with Crippen molar-refractivity contribution in [1.29, 1.82) is 5.26 Å². The fourth-order valence-corrected chi connectivity index (χ4v) is 0.765. The van der Waals surface area contributed by atoms with Crippen molar-refractivity contribution in [2.24, 2.45) is 5.73 Å². The molecule has 6 heteroatoms. The Morgan fingerprint density at radius 1 is 1.43 bits per heavy atom. The van der Waals surface area contributed by atoms with Crippen molar-refractivity contribution in [2.45, 2.75) is 0 Å². The largest absolute Gasteiger partial charge is 0.369 e. The number of pyridine rings is 1. The van der Waals surface area contributed by atoms with Gasteiger partial charge in [0.15, 0.2) is 0 Å². The minimum absolute atomic E-state index is 0. The zero-order valence-electron chi connectivity index (χ0n) is 7.43. The van der Waals surface area contributed by atoms with Gasteiger partial charge in [0, 0.05) is 19.3 Å². The third kappa shape index (κ3) is 4.87. The summed E-state index contributed by atoms with van der Waals surface area (Å²) in [5, 5.41) is 11.5. The van der Waals surface area contributed by atoms with E-state index >= 15 is 0 Å². The molecule has 0 aromatic carbocycles. The molecule has 3 N–H and O–H groups in total. The quantitative estimate of drug-likeness (QED) is 0.824. The Bertz CT molecular complexity index is 280. The van der Waals surface area contributed by atoms with Crippen molar-refractivity contribution in [3.05, 3.63) is 23.9 Å². The number of nitrogens with zero attached hydrogens (tertiary/aromatic N) is 2. The highest BCUT2D eigenvalue weighted by atomic mass is 35.5. The molecule has 0 aliphatic heterocycles. The first-order chi connectivity index (χ1) is 5.86. The molecule has 0 atom stereocenters. The van der Waals surface area contributed by atoms with Gasteiger partial charge in [0.25, 0.3) is 0 Å². The fourth-order valence-electron chi connectivity index (χ4n) is 0.765. The van der Waals surface area contributed by atoms with Crippen LogP contribution in [0.3, 0.4) is 0 Å². The van der Waals surface area contributed by atoms with Crippen molar-refractivity contribution in [1.82, 2.24) is 4.98 Å². The molecule has 0 spiro atoms. The number of anilines is 1. The zero-order chi connectivity index (χ0) is 8.81. The maximum Gasteiger partial charge on any atom is 0.126 e. The molecule has 0 aliphatic carbocycles. The fraction of sp³-hybridized carbons (Fsp3) is 0.250. The van der Waals surface area contributed by atoms with Crippen LogP contribution in [-0.2, 0) is 0 Å². The topological polar surface area (TPSA) is 74.7 Å². The summed E-state index contributed by atoms with van der Waals surface area (Å²) in [6.07, 6.45) is 1.53. The third-order valence-electron chi connectivity index (χ3n) is 1.34. The molecule has 0 aliphatic rings. The molecule has 0 fully saturated rings. The minimum atomic E-state index is 0. The number of nitrogens with one attached hydrogen (secondary N) is 1. The molecule has 14 heavy (non-hydrogen) atoms. The Hall–Kier alpha value is -1.02. The van der Waals surface area contributed by atoms with E-state index in [9.17, 15) is 0 Å². The maximum atomic E-state index is 8.47. The van der Waals surface area contributed by atoms with Gasteiger partial charge in [-0.15, -0.1) is 24.8 Å². The second kappa shape index (κ2) is 8.57. The molecule has 0 saturated carbocycles. The molecule has 0 saturated heterocycles. The Balaban J connectivity index is 0. The summed E-state index contributed by atoms with van der Waals surface area (Å²) in [4.78, 5) is 4.00. The van der Waals surface area contributed by atoms with Crippen LogP contribution in [0.25, 0.3) is 0 Å². The van der Waals surface area contributed by atoms with Crippen molar-refractivity contribution in [3.8, 4) is 6.07 Å². The normalized spacial score (nSPS) is 7.71. The number of hydrogen-bond acceptors (Lipinski definition) is 4. The van der Waals surface area contributed by atoms with Gasteiger partial charge in [-0.2, -0.15) is 5.26 Å². The third-order valence-corrected chi connectivity index (χ3v) is 1.34. The number of halogens is 2. The van der Waals surface area contributed by atoms with Gasteiger partial charge < -0.3 is 11.1 Å². The van der Waals surface area contributed by atoms with Crippen LogP contribution in [0.15, 0.2) is 18.3 Å². The molecule has 0 bridgehead atoms.